The molecule has 1 atom stereocenters. The molecule has 0 aromatic heterocycles. The molecule has 1 fully saturated rings. The monoisotopic (exact) mass is 285 g/mol. The number of epoxide rings is 1. The van der Waals surface area contributed by atoms with Gasteiger partial charge < -0.3 is 19.5 Å². The smallest absolute Gasteiger partial charge is 0.333 e. The first-order valence-electron chi connectivity index (χ1n) is 6.35. The molecule has 114 valence electrons. The van der Waals surface area contributed by atoms with Gasteiger partial charge in [0.2, 0.25) is 5.91 Å². The highest BCUT2D eigenvalue weighted by molar-refractivity contribution is 5.87. The van der Waals surface area contributed by atoms with E-state index in [0.717, 1.165) is 19.6 Å². The second-order valence-electron chi connectivity index (χ2n) is 4.35. The van der Waals surface area contributed by atoms with Crippen molar-refractivity contribution in [3.05, 3.63) is 24.8 Å². The lowest BCUT2D eigenvalue weighted by Crippen LogP contribution is -2.26. The van der Waals surface area contributed by atoms with Crippen LogP contribution < -0.4 is 0 Å². The molecule has 1 N–H and O–H groups in total. The molecule has 1 aliphatic rings. The average molecular weight is 285 g/mol. The van der Waals surface area contributed by atoms with Gasteiger partial charge in [-0.15, -0.1) is 0 Å². The lowest BCUT2D eigenvalue weighted by Gasteiger charge is -2.13. The van der Waals surface area contributed by atoms with Crippen LogP contribution in [0, 0.1) is 0 Å². The Balaban J connectivity index is 0.000000370. The third kappa shape index (κ3) is 9.29. The van der Waals surface area contributed by atoms with Crippen molar-refractivity contribution in [3.63, 3.8) is 0 Å². The van der Waals surface area contributed by atoms with Gasteiger partial charge in [0.15, 0.2) is 0 Å². The summed E-state index contributed by atoms with van der Waals surface area (Å²) in [5, 5.41) is 8.19. The number of ether oxygens (including phenoxy) is 2. The highest BCUT2D eigenvalue weighted by Gasteiger charge is 2.22. The molecule has 20 heavy (non-hydrogen) atoms. The van der Waals surface area contributed by atoms with Crippen molar-refractivity contribution < 1.29 is 24.2 Å². The zero-order valence-electron chi connectivity index (χ0n) is 12.1. The molecule has 1 unspecified atom stereocenters. The summed E-state index contributed by atoms with van der Waals surface area (Å²) in [6, 6.07) is 0. The van der Waals surface area contributed by atoms with Crippen molar-refractivity contribution in [3.8, 4) is 0 Å². The molecular weight excluding hydrogens is 262 g/mol. The van der Waals surface area contributed by atoms with Gasteiger partial charge in [0.1, 0.15) is 6.61 Å². The van der Waals surface area contributed by atoms with Gasteiger partial charge >= 0.3 is 5.97 Å². The number of hydrogen-bond acceptors (Lipinski definition) is 5. The molecule has 0 radical (unpaired) electrons. The number of esters is 1. The fourth-order valence-corrected chi connectivity index (χ4v) is 1.10. The van der Waals surface area contributed by atoms with E-state index in [1.165, 1.54) is 6.08 Å². The Morgan fingerprint density at radius 2 is 2.15 bits per heavy atom. The minimum absolute atomic E-state index is 0.0225. The number of aliphatic hydroxyl groups is 1. The zero-order chi connectivity index (χ0) is 15.5. The number of amides is 1. The largest absolute Gasteiger partial charge is 0.460 e. The summed E-state index contributed by atoms with van der Waals surface area (Å²) >= 11 is 0. The molecule has 1 saturated heterocycles. The van der Waals surface area contributed by atoms with E-state index in [4.69, 9.17) is 9.84 Å². The van der Waals surface area contributed by atoms with Crippen LogP contribution in [0.2, 0.25) is 0 Å². The summed E-state index contributed by atoms with van der Waals surface area (Å²) in [7, 11) is 1.77. The van der Waals surface area contributed by atoms with Crippen LogP contribution in [0.15, 0.2) is 24.8 Å². The first-order chi connectivity index (χ1) is 9.42. The van der Waals surface area contributed by atoms with Crippen LogP contribution in [-0.4, -0.2) is 61.4 Å². The van der Waals surface area contributed by atoms with Gasteiger partial charge in [-0.05, 0) is 19.4 Å². The van der Waals surface area contributed by atoms with Crippen LogP contribution >= 0.6 is 0 Å². The zero-order valence-corrected chi connectivity index (χ0v) is 12.1. The van der Waals surface area contributed by atoms with E-state index in [2.05, 4.69) is 17.9 Å². The highest BCUT2D eigenvalue weighted by atomic mass is 16.6. The lowest BCUT2D eigenvalue weighted by atomic mass is 10.3. The maximum absolute atomic E-state index is 10.9. The number of carbonyl (C=O) groups excluding carboxylic acids is 2. The van der Waals surface area contributed by atoms with Crippen molar-refractivity contribution in [1.29, 1.82) is 0 Å². The Labute approximate surface area is 119 Å². The minimum atomic E-state index is -0.455. The second kappa shape index (κ2) is 10.2. The predicted molar refractivity (Wildman–Crippen MR) is 75.0 cm³/mol. The van der Waals surface area contributed by atoms with Crippen molar-refractivity contribution >= 4 is 11.9 Å². The number of nitrogens with zero attached hydrogens (tertiary/aromatic N) is 1. The summed E-state index contributed by atoms with van der Waals surface area (Å²) in [4.78, 5) is 23.0. The summed E-state index contributed by atoms with van der Waals surface area (Å²) in [5.74, 6) is -0.477. The van der Waals surface area contributed by atoms with E-state index in [9.17, 15) is 9.59 Å². The SMILES string of the molecule is C=C(C)C(=O)OCCO.C=CC(=O)N(C)CCC1CO1. The van der Waals surface area contributed by atoms with Gasteiger partial charge in [-0.3, -0.25) is 4.79 Å². The van der Waals surface area contributed by atoms with Gasteiger partial charge in [-0.25, -0.2) is 4.79 Å². The number of aliphatic hydroxyl groups excluding tert-OH is 1. The highest BCUT2D eigenvalue weighted by Crippen LogP contribution is 2.13. The number of hydrogen-bond donors (Lipinski definition) is 1. The Morgan fingerprint density at radius 1 is 1.55 bits per heavy atom. The molecule has 1 aliphatic heterocycles. The lowest BCUT2D eigenvalue weighted by molar-refractivity contribution is -0.139. The van der Waals surface area contributed by atoms with E-state index in [0.29, 0.717) is 11.7 Å². The van der Waals surface area contributed by atoms with E-state index >= 15 is 0 Å². The number of carbonyl (C=O) groups is 2. The van der Waals surface area contributed by atoms with Crippen LogP contribution in [-0.2, 0) is 19.1 Å². The normalized spacial score (nSPS) is 15.4. The summed E-state index contributed by atoms with van der Waals surface area (Å²) < 4.78 is 9.47. The van der Waals surface area contributed by atoms with Crippen molar-refractivity contribution in [1.82, 2.24) is 4.90 Å². The Kier molecular flexibility index (Phi) is 9.32. The van der Waals surface area contributed by atoms with Crippen molar-refractivity contribution in [2.75, 3.05) is 33.4 Å². The van der Waals surface area contributed by atoms with Crippen LogP contribution in [0.25, 0.3) is 0 Å². The van der Waals surface area contributed by atoms with Crippen LogP contribution in [0.1, 0.15) is 13.3 Å². The molecular formula is C14H23NO5. The third-order valence-corrected chi connectivity index (χ3v) is 2.41. The van der Waals surface area contributed by atoms with Gasteiger partial charge in [-0.1, -0.05) is 13.2 Å². The number of likely N-dealkylation sites (N-methyl/N-ethyl adjacent to an activating group) is 1. The van der Waals surface area contributed by atoms with Gasteiger partial charge in [-0.2, -0.15) is 0 Å². The van der Waals surface area contributed by atoms with E-state index in [1.807, 2.05) is 0 Å². The van der Waals surface area contributed by atoms with Gasteiger partial charge in [0, 0.05) is 19.2 Å². The molecule has 0 bridgehead atoms. The first kappa shape index (κ1) is 18.3. The fourth-order valence-electron chi connectivity index (χ4n) is 1.10. The Morgan fingerprint density at radius 3 is 2.55 bits per heavy atom. The van der Waals surface area contributed by atoms with Crippen LogP contribution in [0.5, 0.6) is 0 Å². The molecule has 0 aromatic rings. The predicted octanol–water partition coefficient (Wildman–Crippen LogP) is 0.518. The molecule has 1 rings (SSSR count). The third-order valence-electron chi connectivity index (χ3n) is 2.41. The molecule has 0 saturated carbocycles. The topological polar surface area (TPSA) is 79.4 Å². The molecule has 0 spiro atoms. The summed E-state index contributed by atoms with van der Waals surface area (Å²) in [6.07, 6.45) is 2.67. The molecule has 6 heteroatoms. The molecule has 6 nitrogen and oxygen atoms in total. The van der Waals surface area contributed by atoms with Crippen molar-refractivity contribution in [2.45, 2.75) is 19.4 Å². The van der Waals surface area contributed by atoms with E-state index < -0.39 is 5.97 Å². The Hall–Kier alpha value is -1.66. The first-order valence-corrected chi connectivity index (χ1v) is 6.35. The van der Waals surface area contributed by atoms with Crippen molar-refractivity contribution in [2.24, 2.45) is 0 Å². The van der Waals surface area contributed by atoms with Crippen LogP contribution in [0.4, 0.5) is 0 Å². The number of rotatable bonds is 7. The molecule has 1 heterocycles. The van der Waals surface area contributed by atoms with Crippen LogP contribution in [0.3, 0.4) is 0 Å². The van der Waals surface area contributed by atoms with Gasteiger partial charge in [0.05, 0.1) is 19.3 Å². The van der Waals surface area contributed by atoms with Gasteiger partial charge in [0.25, 0.3) is 0 Å². The standard InChI is InChI=1S/C8H13NO2.C6H10O3/c1-3-8(10)9(2)5-4-7-6-11-7;1-5(2)6(8)9-4-3-7/h3,7H,1,4-6H2,2H3;7H,1,3-4H2,2H3. The van der Waals surface area contributed by atoms with E-state index in [-0.39, 0.29) is 19.1 Å². The molecule has 1 amide bonds. The Bertz CT molecular complexity index is 349. The molecule has 0 aliphatic carbocycles. The molecule has 0 aromatic carbocycles. The minimum Gasteiger partial charge on any atom is -0.460 e. The maximum atomic E-state index is 10.9. The maximum Gasteiger partial charge on any atom is 0.333 e. The van der Waals surface area contributed by atoms with E-state index in [1.54, 1.807) is 18.9 Å². The fraction of sp³-hybridized carbons (Fsp3) is 0.571. The second-order valence-corrected chi connectivity index (χ2v) is 4.35. The summed E-state index contributed by atoms with van der Waals surface area (Å²) in [5.41, 5.74) is 0.350. The summed E-state index contributed by atoms with van der Waals surface area (Å²) in [6.45, 7) is 9.83. The average Bonchev–Trinajstić information content (AvgIpc) is 3.25. The quantitative estimate of drug-likeness (QED) is 0.419.